The summed E-state index contributed by atoms with van der Waals surface area (Å²) in [5, 5.41) is 5.91. The standard InChI is InChI=1S/C24H31FN4O2/c1-3-19-4-6-20(7-5-19)18(2)26-23(30)16-28-12-14-29(15-13-28)17-24(31)27-22-10-8-21(25)9-11-22/h4-11,18H,3,12-17H2,1-2H3,(H,26,30)(H,27,31)/p+2/t18-/m1/s1. The molecule has 7 heteroatoms. The van der Waals surface area contributed by atoms with E-state index in [2.05, 4.69) is 41.8 Å². The molecule has 0 saturated carbocycles. The maximum Gasteiger partial charge on any atom is 0.279 e. The fraction of sp³-hybridized carbons (Fsp3) is 0.417. The number of carbonyl (C=O) groups is 2. The van der Waals surface area contributed by atoms with Crippen LogP contribution in [0.1, 0.15) is 31.0 Å². The van der Waals surface area contributed by atoms with Crippen molar-refractivity contribution in [3.8, 4) is 0 Å². The zero-order valence-corrected chi connectivity index (χ0v) is 18.3. The Morgan fingerprint density at radius 1 is 0.903 bits per heavy atom. The average molecular weight is 429 g/mol. The number of halogens is 1. The van der Waals surface area contributed by atoms with Crippen LogP contribution in [0, 0.1) is 5.82 Å². The highest BCUT2D eigenvalue weighted by Gasteiger charge is 2.26. The fourth-order valence-electron chi connectivity index (χ4n) is 3.92. The normalized spacial score (nSPS) is 19.5. The first-order valence-electron chi connectivity index (χ1n) is 11.0. The van der Waals surface area contributed by atoms with Gasteiger partial charge in [0.25, 0.3) is 11.8 Å². The Balaban J connectivity index is 1.37. The lowest BCUT2D eigenvalue weighted by atomic mass is 10.1. The number of anilines is 1. The zero-order valence-electron chi connectivity index (χ0n) is 18.3. The Hall–Kier alpha value is -2.77. The van der Waals surface area contributed by atoms with E-state index in [4.69, 9.17) is 0 Å². The second-order valence-corrected chi connectivity index (χ2v) is 8.29. The van der Waals surface area contributed by atoms with E-state index in [1.165, 1.54) is 27.5 Å². The lowest BCUT2D eigenvalue weighted by molar-refractivity contribution is -1.00. The minimum absolute atomic E-state index is 0.0140. The van der Waals surface area contributed by atoms with E-state index in [-0.39, 0.29) is 23.7 Å². The van der Waals surface area contributed by atoms with E-state index in [9.17, 15) is 14.0 Å². The van der Waals surface area contributed by atoms with Crippen LogP contribution in [0.2, 0.25) is 0 Å². The molecular formula is C24H33FN4O2+2. The molecule has 0 bridgehead atoms. The van der Waals surface area contributed by atoms with Gasteiger partial charge in [0.15, 0.2) is 13.1 Å². The summed E-state index contributed by atoms with van der Waals surface area (Å²) in [5.41, 5.74) is 3.01. The van der Waals surface area contributed by atoms with Crippen LogP contribution in [0.5, 0.6) is 0 Å². The summed E-state index contributed by atoms with van der Waals surface area (Å²) in [7, 11) is 0. The minimum Gasteiger partial charge on any atom is -0.345 e. The largest absolute Gasteiger partial charge is 0.345 e. The number of quaternary nitrogens is 2. The van der Waals surface area contributed by atoms with Gasteiger partial charge in [-0.05, 0) is 48.7 Å². The van der Waals surface area contributed by atoms with Crippen LogP contribution in [-0.2, 0) is 16.0 Å². The molecule has 1 fully saturated rings. The van der Waals surface area contributed by atoms with Gasteiger partial charge in [-0.1, -0.05) is 31.2 Å². The van der Waals surface area contributed by atoms with E-state index in [1.54, 1.807) is 12.1 Å². The Kier molecular flexibility index (Phi) is 8.14. The van der Waals surface area contributed by atoms with Crippen molar-refractivity contribution in [3.05, 3.63) is 65.5 Å². The lowest BCUT2D eigenvalue weighted by Gasteiger charge is -2.29. The fourth-order valence-corrected chi connectivity index (χ4v) is 3.92. The number of aryl methyl sites for hydroxylation is 1. The Bertz CT molecular complexity index is 862. The van der Waals surface area contributed by atoms with E-state index in [0.29, 0.717) is 18.8 Å². The van der Waals surface area contributed by atoms with Crippen molar-refractivity contribution < 1.29 is 23.8 Å². The van der Waals surface area contributed by atoms with Crippen molar-refractivity contribution in [1.29, 1.82) is 0 Å². The molecule has 0 radical (unpaired) electrons. The Labute approximate surface area is 183 Å². The SMILES string of the molecule is CCc1ccc([C@@H](C)NC(=O)C[NH+]2CC[NH+](CC(=O)Nc3ccc(F)cc3)CC2)cc1. The number of benzene rings is 2. The van der Waals surface area contributed by atoms with Gasteiger partial charge in [-0.15, -0.1) is 0 Å². The number of nitrogens with one attached hydrogen (secondary N) is 4. The second kappa shape index (κ2) is 11.0. The monoisotopic (exact) mass is 428 g/mol. The van der Waals surface area contributed by atoms with Crippen molar-refractivity contribution in [3.63, 3.8) is 0 Å². The molecule has 31 heavy (non-hydrogen) atoms. The summed E-state index contributed by atoms with van der Waals surface area (Å²) in [5.74, 6) is -0.346. The number of rotatable bonds is 8. The van der Waals surface area contributed by atoms with Crippen molar-refractivity contribution in [1.82, 2.24) is 5.32 Å². The quantitative estimate of drug-likeness (QED) is 0.478. The van der Waals surface area contributed by atoms with Crippen molar-refractivity contribution in [2.24, 2.45) is 0 Å². The van der Waals surface area contributed by atoms with Gasteiger partial charge in [0, 0.05) is 5.69 Å². The van der Waals surface area contributed by atoms with Gasteiger partial charge in [0.05, 0.1) is 6.04 Å². The van der Waals surface area contributed by atoms with Gasteiger partial charge >= 0.3 is 0 Å². The van der Waals surface area contributed by atoms with E-state index in [1.807, 2.05) is 6.92 Å². The van der Waals surface area contributed by atoms with Crippen molar-refractivity contribution in [2.75, 3.05) is 44.6 Å². The summed E-state index contributed by atoms with van der Waals surface area (Å²) in [6, 6.07) is 14.1. The zero-order chi connectivity index (χ0) is 22.2. The molecule has 1 saturated heterocycles. The van der Waals surface area contributed by atoms with Crippen LogP contribution in [0.15, 0.2) is 48.5 Å². The maximum atomic E-state index is 13.0. The molecule has 4 N–H and O–H groups in total. The summed E-state index contributed by atoms with van der Waals surface area (Å²) >= 11 is 0. The molecule has 1 heterocycles. The molecule has 2 aromatic carbocycles. The van der Waals surface area contributed by atoms with Gasteiger partial charge in [-0.2, -0.15) is 0 Å². The number of amides is 2. The summed E-state index contributed by atoms with van der Waals surface area (Å²) in [4.78, 5) is 27.1. The summed E-state index contributed by atoms with van der Waals surface area (Å²) in [6.07, 6.45) is 1.01. The summed E-state index contributed by atoms with van der Waals surface area (Å²) < 4.78 is 13.0. The highest BCUT2D eigenvalue weighted by molar-refractivity contribution is 5.91. The molecule has 0 spiro atoms. The Morgan fingerprint density at radius 3 is 2.00 bits per heavy atom. The molecule has 166 valence electrons. The molecular weight excluding hydrogens is 395 g/mol. The molecule has 0 aliphatic carbocycles. The first-order valence-corrected chi connectivity index (χ1v) is 11.0. The van der Waals surface area contributed by atoms with Gasteiger partial charge in [-0.3, -0.25) is 9.59 Å². The van der Waals surface area contributed by atoms with Crippen LogP contribution < -0.4 is 20.4 Å². The molecule has 1 atom stereocenters. The van der Waals surface area contributed by atoms with Crippen LogP contribution in [0.3, 0.4) is 0 Å². The van der Waals surface area contributed by atoms with Crippen molar-refractivity contribution in [2.45, 2.75) is 26.3 Å². The predicted molar refractivity (Wildman–Crippen MR) is 119 cm³/mol. The third-order valence-electron chi connectivity index (χ3n) is 5.88. The second-order valence-electron chi connectivity index (χ2n) is 8.29. The molecule has 6 nitrogen and oxygen atoms in total. The van der Waals surface area contributed by atoms with E-state index in [0.717, 1.165) is 38.2 Å². The number of hydrogen-bond acceptors (Lipinski definition) is 2. The van der Waals surface area contributed by atoms with Crippen LogP contribution >= 0.6 is 0 Å². The predicted octanol–water partition coefficient (Wildman–Crippen LogP) is -0.0126. The Morgan fingerprint density at radius 2 is 1.45 bits per heavy atom. The molecule has 1 aliphatic heterocycles. The number of piperazine rings is 1. The van der Waals surface area contributed by atoms with E-state index < -0.39 is 0 Å². The maximum absolute atomic E-state index is 13.0. The first-order chi connectivity index (χ1) is 14.9. The molecule has 2 amide bonds. The van der Waals surface area contributed by atoms with Gasteiger partial charge < -0.3 is 20.4 Å². The molecule has 0 aromatic heterocycles. The number of hydrogen-bond donors (Lipinski definition) is 4. The highest BCUT2D eigenvalue weighted by atomic mass is 19.1. The highest BCUT2D eigenvalue weighted by Crippen LogP contribution is 2.13. The van der Waals surface area contributed by atoms with Crippen molar-refractivity contribution >= 4 is 17.5 Å². The minimum atomic E-state index is -0.324. The van der Waals surface area contributed by atoms with Gasteiger partial charge in [-0.25, -0.2) is 4.39 Å². The third-order valence-corrected chi connectivity index (χ3v) is 5.88. The topological polar surface area (TPSA) is 67.1 Å². The van der Waals surface area contributed by atoms with Crippen LogP contribution in [0.4, 0.5) is 10.1 Å². The molecule has 1 aliphatic rings. The van der Waals surface area contributed by atoms with Gasteiger partial charge in [0.2, 0.25) is 0 Å². The number of carbonyl (C=O) groups excluding carboxylic acids is 2. The first kappa shape index (κ1) is 22.9. The smallest absolute Gasteiger partial charge is 0.279 e. The third kappa shape index (κ3) is 7.15. The van der Waals surface area contributed by atoms with E-state index >= 15 is 0 Å². The molecule has 0 unspecified atom stereocenters. The van der Waals surface area contributed by atoms with Crippen LogP contribution in [0.25, 0.3) is 0 Å². The van der Waals surface area contributed by atoms with Crippen LogP contribution in [-0.4, -0.2) is 51.1 Å². The van der Waals surface area contributed by atoms with Gasteiger partial charge in [0.1, 0.15) is 32.0 Å². The summed E-state index contributed by atoms with van der Waals surface area (Å²) in [6.45, 7) is 8.35. The molecule has 3 rings (SSSR count). The molecule has 2 aromatic rings. The average Bonchev–Trinajstić information content (AvgIpc) is 2.76. The lowest BCUT2D eigenvalue weighted by Crippen LogP contribution is -3.28.